The van der Waals surface area contributed by atoms with Gasteiger partial charge in [-0.2, -0.15) is 5.26 Å². The summed E-state index contributed by atoms with van der Waals surface area (Å²) in [6, 6.07) is 10.8. The molecule has 3 aromatic rings. The molecule has 7 heteroatoms. The molecule has 1 heterocycles. The van der Waals surface area contributed by atoms with Crippen LogP contribution >= 0.6 is 23.4 Å². The van der Waals surface area contributed by atoms with Gasteiger partial charge in [0.15, 0.2) is 5.58 Å². The monoisotopic (exact) mass is 357 g/mol. The molecule has 1 amide bonds. The van der Waals surface area contributed by atoms with E-state index < -0.39 is 0 Å². The molecule has 0 saturated carbocycles. The SMILES string of the molecule is Cc1cc(NC(=O)CSC#N)cc2nc(-c3ccc(Cl)cc3)oc12. The van der Waals surface area contributed by atoms with Crippen LogP contribution in [0.5, 0.6) is 0 Å². The van der Waals surface area contributed by atoms with E-state index >= 15 is 0 Å². The number of nitriles is 1. The van der Waals surface area contributed by atoms with Crippen LogP contribution in [0.3, 0.4) is 0 Å². The fourth-order valence-corrected chi connectivity index (χ4v) is 2.68. The van der Waals surface area contributed by atoms with Crippen molar-refractivity contribution < 1.29 is 9.21 Å². The van der Waals surface area contributed by atoms with Crippen LogP contribution in [0.15, 0.2) is 40.8 Å². The summed E-state index contributed by atoms with van der Waals surface area (Å²) in [7, 11) is 0. The Kier molecular flexibility index (Phi) is 4.74. The van der Waals surface area contributed by atoms with Crippen LogP contribution in [0.25, 0.3) is 22.6 Å². The van der Waals surface area contributed by atoms with Gasteiger partial charge in [-0.15, -0.1) is 0 Å². The molecule has 0 aliphatic heterocycles. The molecule has 0 spiro atoms. The van der Waals surface area contributed by atoms with Crippen LogP contribution in [-0.4, -0.2) is 16.6 Å². The molecule has 0 aliphatic rings. The lowest BCUT2D eigenvalue weighted by atomic mass is 10.2. The Morgan fingerprint density at radius 3 is 2.83 bits per heavy atom. The van der Waals surface area contributed by atoms with E-state index in [1.807, 2.05) is 30.5 Å². The molecule has 0 saturated heterocycles. The molecule has 0 unspecified atom stereocenters. The Balaban J connectivity index is 1.92. The van der Waals surface area contributed by atoms with Crippen molar-refractivity contribution in [2.75, 3.05) is 11.1 Å². The first kappa shape index (κ1) is 16.4. The molecule has 120 valence electrons. The molecule has 24 heavy (non-hydrogen) atoms. The lowest BCUT2D eigenvalue weighted by Crippen LogP contribution is -2.13. The Bertz CT molecular complexity index is 945. The summed E-state index contributed by atoms with van der Waals surface area (Å²) < 4.78 is 5.84. The number of anilines is 1. The molecular weight excluding hydrogens is 346 g/mol. The molecule has 1 aromatic heterocycles. The number of hydrogen-bond acceptors (Lipinski definition) is 5. The summed E-state index contributed by atoms with van der Waals surface area (Å²) in [6.45, 7) is 1.89. The highest BCUT2D eigenvalue weighted by Gasteiger charge is 2.12. The van der Waals surface area contributed by atoms with Gasteiger partial charge in [0.25, 0.3) is 0 Å². The average molecular weight is 358 g/mol. The standard InChI is InChI=1S/C17H12ClN3O2S/c1-10-6-13(20-15(22)8-24-9-19)7-14-16(10)23-17(21-14)11-2-4-12(18)5-3-11/h2-7H,8H2,1H3,(H,20,22). The van der Waals surface area contributed by atoms with Gasteiger partial charge in [-0.1, -0.05) is 11.6 Å². The van der Waals surface area contributed by atoms with Crippen LogP contribution in [0.1, 0.15) is 5.56 Å². The topological polar surface area (TPSA) is 78.9 Å². The summed E-state index contributed by atoms with van der Waals surface area (Å²) in [5.41, 5.74) is 3.64. The van der Waals surface area contributed by atoms with Gasteiger partial charge in [0, 0.05) is 16.3 Å². The fourth-order valence-electron chi connectivity index (χ4n) is 2.28. The van der Waals surface area contributed by atoms with E-state index in [9.17, 15) is 4.79 Å². The van der Waals surface area contributed by atoms with Crippen molar-refractivity contribution in [2.24, 2.45) is 0 Å². The Morgan fingerprint density at radius 1 is 1.38 bits per heavy atom. The number of benzene rings is 2. The molecule has 0 radical (unpaired) electrons. The Labute approximate surface area is 147 Å². The first-order chi connectivity index (χ1) is 11.6. The number of fused-ring (bicyclic) bond motifs is 1. The van der Waals surface area contributed by atoms with Crippen LogP contribution in [0, 0.1) is 17.6 Å². The number of carbonyl (C=O) groups excluding carboxylic acids is 1. The van der Waals surface area contributed by atoms with E-state index in [2.05, 4.69) is 10.3 Å². The zero-order valence-electron chi connectivity index (χ0n) is 12.7. The van der Waals surface area contributed by atoms with Gasteiger partial charge >= 0.3 is 0 Å². The summed E-state index contributed by atoms with van der Waals surface area (Å²) >= 11 is 6.79. The van der Waals surface area contributed by atoms with Crippen LogP contribution < -0.4 is 5.32 Å². The van der Waals surface area contributed by atoms with Crippen molar-refractivity contribution in [1.82, 2.24) is 4.98 Å². The number of thioether (sulfide) groups is 1. The number of amides is 1. The van der Waals surface area contributed by atoms with Crippen molar-refractivity contribution in [3.8, 4) is 16.9 Å². The Morgan fingerprint density at radius 2 is 2.12 bits per heavy atom. The van der Waals surface area contributed by atoms with Crippen molar-refractivity contribution in [2.45, 2.75) is 6.92 Å². The quantitative estimate of drug-likeness (QED) is 0.690. The second-order valence-electron chi connectivity index (χ2n) is 5.10. The number of rotatable bonds is 4. The number of hydrogen-bond donors (Lipinski definition) is 1. The van der Waals surface area contributed by atoms with Gasteiger partial charge in [0.1, 0.15) is 10.9 Å². The maximum Gasteiger partial charge on any atom is 0.235 e. The lowest BCUT2D eigenvalue weighted by Gasteiger charge is -2.04. The molecule has 5 nitrogen and oxygen atoms in total. The summed E-state index contributed by atoms with van der Waals surface area (Å²) in [4.78, 5) is 16.2. The van der Waals surface area contributed by atoms with Crippen LogP contribution in [-0.2, 0) is 4.79 Å². The van der Waals surface area contributed by atoms with E-state index in [0.29, 0.717) is 27.7 Å². The van der Waals surface area contributed by atoms with Crippen molar-refractivity contribution >= 4 is 46.1 Å². The van der Waals surface area contributed by atoms with E-state index in [1.54, 1.807) is 18.2 Å². The zero-order chi connectivity index (χ0) is 17.1. The predicted molar refractivity (Wildman–Crippen MR) is 95.9 cm³/mol. The zero-order valence-corrected chi connectivity index (χ0v) is 14.2. The smallest absolute Gasteiger partial charge is 0.235 e. The van der Waals surface area contributed by atoms with Gasteiger partial charge < -0.3 is 9.73 Å². The molecule has 0 bridgehead atoms. The molecule has 0 fully saturated rings. The summed E-state index contributed by atoms with van der Waals surface area (Å²) in [5, 5.41) is 13.8. The normalized spacial score (nSPS) is 10.5. The molecule has 0 aliphatic carbocycles. The third kappa shape index (κ3) is 3.53. The van der Waals surface area contributed by atoms with Gasteiger partial charge in [-0.05, 0) is 60.6 Å². The largest absolute Gasteiger partial charge is 0.436 e. The van der Waals surface area contributed by atoms with Crippen molar-refractivity contribution in [3.63, 3.8) is 0 Å². The Hall–Kier alpha value is -2.49. The maximum atomic E-state index is 11.7. The minimum absolute atomic E-state index is 0.0857. The van der Waals surface area contributed by atoms with Crippen molar-refractivity contribution in [1.29, 1.82) is 5.26 Å². The molecule has 2 aromatic carbocycles. The minimum Gasteiger partial charge on any atom is -0.436 e. The first-order valence-corrected chi connectivity index (χ1v) is 8.41. The van der Waals surface area contributed by atoms with E-state index in [-0.39, 0.29) is 11.7 Å². The third-order valence-electron chi connectivity index (χ3n) is 3.32. The first-order valence-electron chi connectivity index (χ1n) is 7.04. The second-order valence-corrected chi connectivity index (χ2v) is 6.29. The lowest BCUT2D eigenvalue weighted by molar-refractivity contribution is -0.113. The van der Waals surface area contributed by atoms with E-state index in [1.165, 1.54) is 0 Å². The molecule has 3 rings (SSSR count). The number of carbonyl (C=O) groups is 1. The number of halogens is 1. The summed E-state index contributed by atoms with van der Waals surface area (Å²) in [6.07, 6.45) is 0. The minimum atomic E-state index is -0.235. The van der Waals surface area contributed by atoms with Gasteiger partial charge in [0.2, 0.25) is 11.8 Å². The number of nitrogens with zero attached hydrogens (tertiary/aromatic N) is 2. The van der Waals surface area contributed by atoms with Crippen LogP contribution in [0.2, 0.25) is 5.02 Å². The van der Waals surface area contributed by atoms with Crippen molar-refractivity contribution in [3.05, 3.63) is 47.0 Å². The average Bonchev–Trinajstić information content (AvgIpc) is 2.98. The fraction of sp³-hybridized carbons (Fsp3) is 0.118. The molecular formula is C17H12ClN3O2S. The van der Waals surface area contributed by atoms with Gasteiger partial charge in [-0.25, -0.2) is 4.98 Å². The molecule has 0 atom stereocenters. The molecule has 1 N–H and O–H groups in total. The predicted octanol–water partition coefficient (Wildman–Crippen LogP) is 4.61. The highest BCUT2D eigenvalue weighted by Crippen LogP contribution is 2.29. The number of aromatic nitrogens is 1. The van der Waals surface area contributed by atoms with E-state index in [0.717, 1.165) is 22.9 Å². The van der Waals surface area contributed by atoms with Gasteiger partial charge in [0.05, 0.1) is 5.75 Å². The maximum absolute atomic E-state index is 11.7. The number of thiocyanates is 1. The third-order valence-corrected chi connectivity index (χ3v) is 4.11. The van der Waals surface area contributed by atoms with E-state index in [4.69, 9.17) is 21.3 Å². The van der Waals surface area contributed by atoms with Crippen LogP contribution in [0.4, 0.5) is 5.69 Å². The number of nitrogens with one attached hydrogen (secondary N) is 1. The highest BCUT2D eigenvalue weighted by molar-refractivity contribution is 8.04. The number of aryl methyl sites for hydroxylation is 1. The number of oxazole rings is 1. The highest BCUT2D eigenvalue weighted by atomic mass is 35.5. The second kappa shape index (κ2) is 6.95. The van der Waals surface area contributed by atoms with Gasteiger partial charge in [-0.3, -0.25) is 4.79 Å². The summed E-state index contributed by atoms with van der Waals surface area (Å²) in [5.74, 6) is 0.345.